The highest BCUT2D eigenvalue weighted by atomic mass is 16.3. The van der Waals surface area contributed by atoms with E-state index in [0.717, 1.165) is 32.7 Å². The van der Waals surface area contributed by atoms with Crippen LogP contribution in [0.1, 0.15) is 34.6 Å². The monoisotopic (exact) mass is 228 g/mol. The first kappa shape index (κ1) is 13.9. The third-order valence-electron chi connectivity index (χ3n) is 4.02. The van der Waals surface area contributed by atoms with Gasteiger partial charge in [-0.3, -0.25) is 9.80 Å². The van der Waals surface area contributed by atoms with E-state index in [-0.39, 0.29) is 11.5 Å². The summed E-state index contributed by atoms with van der Waals surface area (Å²) in [6.07, 6.45) is -0.244. The van der Waals surface area contributed by atoms with Gasteiger partial charge in [-0.1, -0.05) is 20.8 Å². The van der Waals surface area contributed by atoms with E-state index in [0.29, 0.717) is 6.04 Å². The molecule has 0 bridgehead atoms. The smallest absolute Gasteiger partial charge is 0.0575 e. The van der Waals surface area contributed by atoms with Crippen LogP contribution in [0.25, 0.3) is 0 Å². The zero-order chi connectivity index (χ0) is 12.3. The minimum absolute atomic E-state index is 0.00585. The van der Waals surface area contributed by atoms with Crippen molar-refractivity contribution in [3.63, 3.8) is 0 Å². The predicted octanol–water partition coefficient (Wildman–Crippen LogP) is 1.42. The van der Waals surface area contributed by atoms with Crippen molar-refractivity contribution < 1.29 is 5.11 Å². The third-order valence-corrected chi connectivity index (χ3v) is 4.02. The molecule has 0 saturated carbocycles. The van der Waals surface area contributed by atoms with Gasteiger partial charge in [-0.25, -0.2) is 0 Å². The average Bonchev–Trinajstić information content (AvgIpc) is 2.17. The summed E-state index contributed by atoms with van der Waals surface area (Å²) in [5.41, 5.74) is -0.00585. The van der Waals surface area contributed by atoms with Crippen LogP contribution >= 0.6 is 0 Å². The quantitative estimate of drug-likeness (QED) is 0.788. The molecule has 1 fully saturated rings. The molecule has 1 aliphatic heterocycles. The number of piperazine rings is 1. The lowest BCUT2D eigenvalue weighted by molar-refractivity contribution is 0.00764. The van der Waals surface area contributed by atoms with Gasteiger partial charge in [-0.15, -0.1) is 0 Å². The Morgan fingerprint density at radius 1 is 1.38 bits per heavy atom. The molecular weight excluding hydrogens is 200 g/mol. The van der Waals surface area contributed by atoms with Gasteiger partial charge in [-0.05, 0) is 20.4 Å². The molecule has 3 heteroatoms. The Morgan fingerprint density at radius 3 is 2.44 bits per heavy atom. The van der Waals surface area contributed by atoms with Crippen LogP contribution in [0, 0.1) is 5.41 Å². The lowest BCUT2D eigenvalue weighted by Crippen LogP contribution is -2.54. The predicted molar refractivity (Wildman–Crippen MR) is 68.6 cm³/mol. The van der Waals surface area contributed by atoms with Crippen molar-refractivity contribution in [2.45, 2.75) is 46.8 Å². The van der Waals surface area contributed by atoms with Gasteiger partial charge < -0.3 is 5.11 Å². The second kappa shape index (κ2) is 5.48. The number of nitrogens with zero attached hydrogens (tertiary/aromatic N) is 2. The first-order valence-electron chi connectivity index (χ1n) is 6.51. The van der Waals surface area contributed by atoms with Crippen molar-refractivity contribution in [3.8, 4) is 0 Å². The van der Waals surface area contributed by atoms with E-state index in [1.807, 2.05) is 6.92 Å². The topological polar surface area (TPSA) is 26.7 Å². The zero-order valence-electron chi connectivity index (χ0n) is 11.5. The SMILES string of the molecule is CCN1CCN(CC(C)(C)C(C)O)CC1C. The molecule has 2 atom stereocenters. The fourth-order valence-corrected chi connectivity index (χ4v) is 2.39. The van der Waals surface area contributed by atoms with Gasteiger partial charge in [0.15, 0.2) is 0 Å². The van der Waals surface area contributed by atoms with Crippen molar-refractivity contribution in [1.82, 2.24) is 9.80 Å². The van der Waals surface area contributed by atoms with E-state index in [1.54, 1.807) is 0 Å². The number of rotatable bonds is 4. The van der Waals surface area contributed by atoms with Crippen molar-refractivity contribution in [3.05, 3.63) is 0 Å². The van der Waals surface area contributed by atoms with Gasteiger partial charge in [0.1, 0.15) is 0 Å². The Balaban J connectivity index is 2.47. The standard InChI is InChI=1S/C13H28N2O/c1-6-15-8-7-14(9-11(15)2)10-13(4,5)12(3)16/h11-12,16H,6-10H2,1-5H3. The number of likely N-dealkylation sites (N-methyl/N-ethyl adjacent to an activating group) is 1. The third kappa shape index (κ3) is 3.44. The van der Waals surface area contributed by atoms with E-state index in [2.05, 4.69) is 37.5 Å². The van der Waals surface area contributed by atoms with Crippen LogP contribution in [0.5, 0.6) is 0 Å². The van der Waals surface area contributed by atoms with Crippen molar-refractivity contribution in [2.75, 3.05) is 32.7 Å². The van der Waals surface area contributed by atoms with Gasteiger partial charge in [0.2, 0.25) is 0 Å². The molecule has 0 radical (unpaired) electrons. The summed E-state index contributed by atoms with van der Waals surface area (Å²) < 4.78 is 0. The molecule has 2 unspecified atom stereocenters. The highest BCUT2D eigenvalue weighted by molar-refractivity contribution is 4.84. The molecular formula is C13H28N2O. The molecule has 0 aliphatic carbocycles. The summed E-state index contributed by atoms with van der Waals surface area (Å²) in [7, 11) is 0. The van der Waals surface area contributed by atoms with Crippen LogP contribution in [0.4, 0.5) is 0 Å². The Hall–Kier alpha value is -0.120. The van der Waals surface area contributed by atoms with E-state index in [4.69, 9.17) is 0 Å². The molecule has 0 amide bonds. The van der Waals surface area contributed by atoms with Gasteiger partial charge in [-0.2, -0.15) is 0 Å². The molecule has 3 nitrogen and oxygen atoms in total. The zero-order valence-corrected chi connectivity index (χ0v) is 11.5. The first-order valence-corrected chi connectivity index (χ1v) is 6.51. The molecule has 0 aromatic rings. The molecule has 1 N–H and O–H groups in total. The second-order valence-corrected chi connectivity index (χ2v) is 5.88. The molecule has 96 valence electrons. The van der Waals surface area contributed by atoms with Crippen molar-refractivity contribution in [1.29, 1.82) is 0 Å². The normalized spacial score (nSPS) is 27.0. The summed E-state index contributed by atoms with van der Waals surface area (Å²) in [4.78, 5) is 5.01. The van der Waals surface area contributed by atoms with Gasteiger partial charge >= 0.3 is 0 Å². The van der Waals surface area contributed by atoms with E-state index < -0.39 is 0 Å². The van der Waals surface area contributed by atoms with E-state index >= 15 is 0 Å². The largest absolute Gasteiger partial charge is 0.393 e. The summed E-state index contributed by atoms with van der Waals surface area (Å²) in [5, 5.41) is 9.74. The van der Waals surface area contributed by atoms with Crippen LogP contribution in [-0.2, 0) is 0 Å². The van der Waals surface area contributed by atoms with Crippen LogP contribution in [0.3, 0.4) is 0 Å². The minimum atomic E-state index is -0.244. The molecule has 0 aromatic heterocycles. The fraction of sp³-hybridized carbons (Fsp3) is 1.00. The maximum atomic E-state index is 9.74. The second-order valence-electron chi connectivity index (χ2n) is 5.88. The van der Waals surface area contributed by atoms with E-state index in [9.17, 15) is 5.11 Å². The average molecular weight is 228 g/mol. The number of hydrogen-bond acceptors (Lipinski definition) is 3. The molecule has 0 spiro atoms. The maximum absolute atomic E-state index is 9.74. The highest BCUT2D eigenvalue weighted by Gasteiger charge is 2.30. The Morgan fingerprint density at radius 2 is 2.00 bits per heavy atom. The Kier molecular flexibility index (Phi) is 4.77. The molecule has 1 saturated heterocycles. The van der Waals surface area contributed by atoms with E-state index in [1.165, 1.54) is 0 Å². The lowest BCUT2D eigenvalue weighted by Gasteiger charge is -2.43. The summed E-state index contributed by atoms with van der Waals surface area (Å²) in [6.45, 7) is 16.3. The number of aliphatic hydroxyl groups excluding tert-OH is 1. The van der Waals surface area contributed by atoms with Crippen LogP contribution in [-0.4, -0.2) is 59.8 Å². The summed E-state index contributed by atoms with van der Waals surface area (Å²) in [5.74, 6) is 0. The Bertz CT molecular complexity index is 216. The molecule has 0 aromatic carbocycles. The van der Waals surface area contributed by atoms with Crippen molar-refractivity contribution in [2.24, 2.45) is 5.41 Å². The van der Waals surface area contributed by atoms with Gasteiger partial charge in [0.25, 0.3) is 0 Å². The highest BCUT2D eigenvalue weighted by Crippen LogP contribution is 2.23. The fourth-order valence-electron chi connectivity index (χ4n) is 2.39. The maximum Gasteiger partial charge on any atom is 0.0575 e. The number of hydrogen-bond donors (Lipinski definition) is 1. The van der Waals surface area contributed by atoms with Crippen LogP contribution < -0.4 is 0 Å². The molecule has 1 heterocycles. The lowest BCUT2D eigenvalue weighted by atomic mass is 9.86. The first-order chi connectivity index (χ1) is 7.36. The molecule has 1 rings (SSSR count). The van der Waals surface area contributed by atoms with Crippen LogP contribution in [0.15, 0.2) is 0 Å². The summed E-state index contributed by atoms with van der Waals surface area (Å²) >= 11 is 0. The van der Waals surface area contributed by atoms with Gasteiger partial charge in [0.05, 0.1) is 6.10 Å². The van der Waals surface area contributed by atoms with Crippen LogP contribution in [0.2, 0.25) is 0 Å². The summed E-state index contributed by atoms with van der Waals surface area (Å²) in [6, 6.07) is 0.642. The minimum Gasteiger partial charge on any atom is -0.393 e. The number of aliphatic hydroxyl groups is 1. The van der Waals surface area contributed by atoms with Crippen molar-refractivity contribution >= 4 is 0 Å². The molecule has 16 heavy (non-hydrogen) atoms. The Labute approximate surface area is 100 Å². The molecule has 1 aliphatic rings. The van der Waals surface area contributed by atoms with Gasteiger partial charge in [0, 0.05) is 37.6 Å².